The smallest absolute Gasteiger partial charge is 0.225 e. The van der Waals surface area contributed by atoms with Crippen LogP contribution in [-0.2, 0) is 35.3 Å². The largest absolute Gasteiger partial charge is 0.317 e. The molecule has 34 heavy (non-hydrogen) atoms. The summed E-state index contributed by atoms with van der Waals surface area (Å²) in [5, 5.41) is 26.5. The van der Waals surface area contributed by atoms with Gasteiger partial charge in [-0.25, -0.2) is 0 Å². The first kappa shape index (κ1) is 24.4. The molecule has 2 amide bonds. The fraction of sp³-hybridized carbons (Fsp3) is 0.538. The van der Waals surface area contributed by atoms with Crippen molar-refractivity contribution in [3.05, 3.63) is 32.0 Å². The Labute approximate surface area is 209 Å². The highest BCUT2D eigenvalue weighted by Gasteiger charge is 2.22. The summed E-state index contributed by atoms with van der Waals surface area (Å²) in [6.07, 6.45) is 12.5. The molecule has 0 atom stereocenters. The second-order valence-corrected chi connectivity index (χ2v) is 11.3. The number of amides is 2. The standard InChI is InChI=1S/C26H30N4O2S2/c27-15-19-17-9-3-1-5-11-21(17)33-25(19)29-23(31)13-7-8-14-24(32)30-26-20(16-28)18-10-4-2-6-12-22(18)34-26/h1-14H2,(H,29,31)(H,30,32). The third kappa shape index (κ3) is 5.68. The normalized spacial score (nSPS) is 15.1. The minimum absolute atomic E-state index is 0.109. The number of hydrogen-bond acceptors (Lipinski definition) is 6. The number of nitriles is 2. The van der Waals surface area contributed by atoms with Crippen molar-refractivity contribution in [2.75, 3.05) is 10.6 Å². The molecule has 6 nitrogen and oxygen atoms in total. The molecule has 0 saturated heterocycles. The summed E-state index contributed by atoms with van der Waals surface area (Å²) in [6, 6.07) is 4.59. The predicted molar refractivity (Wildman–Crippen MR) is 136 cm³/mol. The lowest BCUT2D eigenvalue weighted by Crippen LogP contribution is -2.13. The Balaban J connectivity index is 1.25. The van der Waals surface area contributed by atoms with Gasteiger partial charge in [0, 0.05) is 22.6 Å². The summed E-state index contributed by atoms with van der Waals surface area (Å²) in [7, 11) is 0. The first-order valence-electron chi connectivity index (χ1n) is 12.3. The summed E-state index contributed by atoms with van der Waals surface area (Å²) in [6.45, 7) is 0. The Kier molecular flexibility index (Phi) is 8.37. The van der Waals surface area contributed by atoms with E-state index in [1.54, 1.807) is 22.7 Å². The summed E-state index contributed by atoms with van der Waals surface area (Å²) < 4.78 is 0. The van der Waals surface area contributed by atoms with E-state index in [0.717, 1.165) is 62.5 Å². The topological polar surface area (TPSA) is 106 Å². The Morgan fingerprint density at radius 1 is 0.676 bits per heavy atom. The Hall–Kier alpha value is -2.68. The van der Waals surface area contributed by atoms with Crippen LogP contribution in [0, 0.1) is 22.7 Å². The van der Waals surface area contributed by atoms with E-state index in [2.05, 4.69) is 22.8 Å². The Morgan fingerprint density at radius 3 is 1.50 bits per heavy atom. The maximum atomic E-state index is 12.5. The highest BCUT2D eigenvalue weighted by molar-refractivity contribution is 7.17. The van der Waals surface area contributed by atoms with Crippen molar-refractivity contribution in [3.63, 3.8) is 0 Å². The molecule has 0 radical (unpaired) electrons. The minimum atomic E-state index is -0.109. The van der Waals surface area contributed by atoms with Gasteiger partial charge in [0.1, 0.15) is 22.1 Å². The molecule has 2 aromatic heterocycles. The van der Waals surface area contributed by atoms with Crippen molar-refractivity contribution in [1.82, 2.24) is 0 Å². The molecule has 2 aliphatic carbocycles. The lowest BCUT2D eigenvalue weighted by molar-refractivity contribution is -0.118. The molecule has 2 heterocycles. The van der Waals surface area contributed by atoms with Gasteiger partial charge in [-0.05, 0) is 75.3 Å². The van der Waals surface area contributed by atoms with Crippen LogP contribution in [0.3, 0.4) is 0 Å². The van der Waals surface area contributed by atoms with Crippen LogP contribution < -0.4 is 10.6 Å². The predicted octanol–water partition coefficient (Wildman–Crippen LogP) is 6.23. The first-order chi connectivity index (χ1) is 16.6. The monoisotopic (exact) mass is 494 g/mol. The van der Waals surface area contributed by atoms with Gasteiger partial charge in [-0.2, -0.15) is 10.5 Å². The van der Waals surface area contributed by atoms with Gasteiger partial charge in [0.05, 0.1) is 11.1 Å². The van der Waals surface area contributed by atoms with Crippen molar-refractivity contribution >= 4 is 44.5 Å². The summed E-state index contributed by atoms with van der Waals surface area (Å²) in [5.74, 6) is -0.218. The SMILES string of the molecule is N#Cc1c(NC(=O)CCCCC(=O)Nc2sc3c(c2C#N)CCCCC3)sc2c1CCCCC2. The molecular formula is C26H30N4O2S2. The molecule has 4 rings (SSSR count). The lowest BCUT2D eigenvalue weighted by Gasteiger charge is -2.06. The first-order valence-corrected chi connectivity index (χ1v) is 13.9. The quantitative estimate of drug-likeness (QED) is 0.351. The van der Waals surface area contributed by atoms with Crippen LogP contribution >= 0.6 is 22.7 Å². The van der Waals surface area contributed by atoms with Gasteiger partial charge in [-0.1, -0.05) is 12.8 Å². The molecule has 8 heteroatoms. The van der Waals surface area contributed by atoms with Crippen molar-refractivity contribution in [1.29, 1.82) is 10.5 Å². The van der Waals surface area contributed by atoms with E-state index >= 15 is 0 Å². The van der Waals surface area contributed by atoms with E-state index < -0.39 is 0 Å². The molecule has 0 saturated carbocycles. The third-order valence-corrected chi connectivity index (χ3v) is 9.04. The minimum Gasteiger partial charge on any atom is -0.317 e. The molecule has 2 aromatic rings. The van der Waals surface area contributed by atoms with E-state index in [-0.39, 0.29) is 11.8 Å². The average molecular weight is 495 g/mol. The number of rotatable bonds is 7. The molecule has 0 aromatic carbocycles. The fourth-order valence-electron chi connectivity index (χ4n) is 4.85. The maximum Gasteiger partial charge on any atom is 0.225 e. The number of hydrogen-bond donors (Lipinski definition) is 2. The van der Waals surface area contributed by atoms with E-state index in [1.807, 2.05) is 0 Å². The van der Waals surface area contributed by atoms with Gasteiger partial charge >= 0.3 is 0 Å². The molecular weight excluding hydrogens is 464 g/mol. The number of unbranched alkanes of at least 4 members (excludes halogenated alkanes) is 1. The number of carbonyl (C=O) groups excluding carboxylic acids is 2. The number of nitrogens with zero attached hydrogens (tertiary/aromatic N) is 2. The van der Waals surface area contributed by atoms with Crippen molar-refractivity contribution in [2.45, 2.75) is 89.9 Å². The van der Waals surface area contributed by atoms with Crippen LogP contribution in [0.2, 0.25) is 0 Å². The summed E-state index contributed by atoms with van der Waals surface area (Å²) >= 11 is 3.09. The van der Waals surface area contributed by atoms with Gasteiger partial charge in [0.2, 0.25) is 11.8 Å². The van der Waals surface area contributed by atoms with Crippen LogP contribution in [0.5, 0.6) is 0 Å². The number of aryl methyl sites for hydroxylation is 2. The zero-order chi connectivity index (χ0) is 23.9. The third-order valence-electron chi connectivity index (χ3n) is 6.63. The number of nitrogens with one attached hydrogen (secondary N) is 2. The highest BCUT2D eigenvalue weighted by atomic mass is 32.1. The van der Waals surface area contributed by atoms with Gasteiger partial charge in [-0.3, -0.25) is 9.59 Å². The number of carbonyl (C=O) groups is 2. The lowest BCUT2D eigenvalue weighted by atomic mass is 10.1. The van der Waals surface area contributed by atoms with Crippen LogP contribution in [0.4, 0.5) is 10.0 Å². The van der Waals surface area contributed by atoms with Gasteiger partial charge in [0.15, 0.2) is 0 Å². The van der Waals surface area contributed by atoms with Gasteiger partial charge in [0.25, 0.3) is 0 Å². The second kappa shape index (κ2) is 11.6. The van der Waals surface area contributed by atoms with E-state index in [0.29, 0.717) is 46.8 Å². The van der Waals surface area contributed by atoms with Gasteiger partial charge < -0.3 is 10.6 Å². The van der Waals surface area contributed by atoms with E-state index in [1.165, 1.54) is 22.6 Å². The van der Waals surface area contributed by atoms with Crippen molar-refractivity contribution in [2.24, 2.45) is 0 Å². The zero-order valence-electron chi connectivity index (χ0n) is 19.4. The molecule has 2 aliphatic rings. The van der Waals surface area contributed by atoms with Crippen LogP contribution in [0.25, 0.3) is 0 Å². The molecule has 0 aliphatic heterocycles. The molecule has 0 fully saturated rings. The summed E-state index contributed by atoms with van der Waals surface area (Å²) in [4.78, 5) is 27.4. The summed E-state index contributed by atoms with van der Waals surface area (Å²) in [5.41, 5.74) is 3.52. The van der Waals surface area contributed by atoms with Crippen LogP contribution in [0.1, 0.15) is 96.2 Å². The molecule has 0 spiro atoms. The molecule has 0 unspecified atom stereocenters. The number of thiophene rings is 2. The molecule has 0 bridgehead atoms. The van der Waals surface area contributed by atoms with Crippen molar-refractivity contribution in [3.8, 4) is 12.1 Å². The number of fused-ring (bicyclic) bond motifs is 2. The zero-order valence-corrected chi connectivity index (χ0v) is 21.1. The van der Waals surface area contributed by atoms with Crippen LogP contribution in [-0.4, -0.2) is 11.8 Å². The van der Waals surface area contributed by atoms with Crippen LogP contribution in [0.15, 0.2) is 0 Å². The van der Waals surface area contributed by atoms with Gasteiger partial charge in [-0.15, -0.1) is 22.7 Å². The Bertz CT molecular complexity index is 1060. The fourth-order valence-corrected chi connectivity index (χ4v) is 7.36. The molecule has 178 valence electrons. The van der Waals surface area contributed by atoms with E-state index in [9.17, 15) is 20.1 Å². The maximum absolute atomic E-state index is 12.5. The average Bonchev–Trinajstić information content (AvgIpc) is 3.08. The van der Waals surface area contributed by atoms with Crippen molar-refractivity contribution < 1.29 is 9.59 Å². The molecule has 2 N–H and O–H groups in total. The second-order valence-electron chi connectivity index (χ2n) is 9.06. The number of anilines is 2. The van der Waals surface area contributed by atoms with E-state index in [4.69, 9.17) is 0 Å². The Morgan fingerprint density at radius 2 is 1.09 bits per heavy atom. The highest BCUT2D eigenvalue weighted by Crippen LogP contribution is 2.38.